The number of aromatic hydroxyl groups is 1. The Bertz CT molecular complexity index is 1790. The number of hydrogen-bond donors (Lipinski definition) is 2. The van der Waals surface area contributed by atoms with Gasteiger partial charge in [-0.2, -0.15) is 0 Å². The molecule has 7 rings (SSSR count). The van der Waals surface area contributed by atoms with E-state index in [0.717, 1.165) is 76.7 Å². The molecule has 0 bridgehead atoms. The quantitative estimate of drug-likeness (QED) is 0.199. The van der Waals surface area contributed by atoms with Crippen molar-refractivity contribution in [2.45, 2.75) is 38.5 Å². The highest BCUT2D eigenvalue weighted by Crippen LogP contribution is 2.41. The first-order valence-corrected chi connectivity index (χ1v) is 13.9. The van der Waals surface area contributed by atoms with Crippen LogP contribution in [-0.4, -0.2) is 27.7 Å². The number of aryl methyl sites for hydroxylation is 3. The van der Waals surface area contributed by atoms with Crippen molar-refractivity contribution in [1.82, 2.24) is 4.98 Å². The zero-order chi connectivity index (χ0) is 28.2. The van der Waals surface area contributed by atoms with Crippen molar-refractivity contribution in [3.63, 3.8) is 0 Å². The Morgan fingerprint density at radius 2 is 1.39 bits per heavy atom. The van der Waals surface area contributed by atoms with E-state index in [2.05, 4.69) is 11.1 Å². The van der Waals surface area contributed by atoms with Crippen molar-refractivity contribution in [3.8, 4) is 17.0 Å². The van der Waals surface area contributed by atoms with E-state index in [0.29, 0.717) is 29.0 Å². The van der Waals surface area contributed by atoms with Crippen molar-refractivity contribution < 1.29 is 27.0 Å². The van der Waals surface area contributed by atoms with Crippen molar-refractivity contribution in [3.05, 3.63) is 129 Å². The molecule has 0 saturated heterocycles. The van der Waals surface area contributed by atoms with E-state index in [4.69, 9.17) is 0 Å². The number of aromatic amines is 1. The summed E-state index contributed by atoms with van der Waals surface area (Å²) in [4.78, 5) is 3.38. The molecule has 0 fully saturated rings. The van der Waals surface area contributed by atoms with Gasteiger partial charge in [0.05, 0.1) is 16.8 Å². The summed E-state index contributed by atoms with van der Waals surface area (Å²) in [5.74, 6) is -2.63. The van der Waals surface area contributed by atoms with Crippen molar-refractivity contribution >= 4 is 18.7 Å². The van der Waals surface area contributed by atoms with Crippen LogP contribution in [0, 0.1) is 11.6 Å². The number of nitrogens with zero attached hydrogens (tertiary/aromatic N) is 1. The van der Waals surface area contributed by atoms with Gasteiger partial charge in [0, 0.05) is 40.6 Å². The Morgan fingerprint density at radius 1 is 0.780 bits per heavy atom. The topological polar surface area (TPSA) is 39.0 Å². The maximum absolute atomic E-state index is 15.6. The molecule has 0 atom stereocenters. The van der Waals surface area contributed by atoms with E-state index < -0.39 is 30.3 Å². The molecule has 1 aliphatic heterocycles. The van der Waals surface area contributed by atoms with E-state index in [-0.39, 0.29) is 11.3 Å². The van der Waals surface area contributed by atoms with Gasteiger partial charge < -0.3 is 23.2 Å². The first-order valence-electron chi connectivity index (χ1n) is 13.9. The number of benzene rings is 3. The highest BCUT2D eigenvalue weighted by atomic mass is 19.2. The van der Waals surface area contributed by atoms with Gasteiger partial charge >= 0.3 is 7.40 Å². The molecular weight excluding hydrogens is 527 g/mol. The number of hydrogen-bond acceptors (Lipinski definition) is 1. The smallest absolute Gasteiger partial charge is 0.508 e. The molecule has 41 heavy (non-hydrogen) atoms. The number of aromatic nitrogens is 1. The van der Waals surface area contributed by atoms with E-state index in [1.165, 1.54) is 0 Å². The van der Waals surface area contributed by atoms with Crippen LogP contribution in [0.4, 0.5) is 17.4 Å². The third-order valence-corrected chi connectivity index (χ3v) is 8.36. The van der Waals surface area contributed by atoms with Crippen LogP contribution >= 0.6 is 0 Å². The summed E-state index contributed by atoms with van der Waals surface area (Å²) in [6.45, 7) is 0. The molecular formula is C33H26BF4N2O. The number of allylic oxidation sites excluding steroid dienone is 2. The summed E-state index contributed by atoms with van der Waals surface area (Å²) in [7, 11) is -2.97. The third kappa shape index (κ3) is 4.24. The Kier molecular flexibility index (Phi) is 6.22. The standard InChI is InChI=1S/C33H25BF4N2O/c35-26-17-23(41)18-27(36)30(26)31(28-15-21-11-5-9-19-7-1-3-13-24(19)32(21)39-28)29-16-22-12-6-10-20-8-2-4-14-25(20)33(22)40(29)34(37)38/h1-4,7-8,13-18,39H,5-6,9-12H2/q-1/p+1/b31-29+. The minimum Gasteiger partial charge on any atom is -0.508 e. The van der Waals surface area contributed by atoms with Crippen LogP contribution in [-0.2, 0) is 19.3 Å². The molecule has 3 nitrogen and oxygen atoms in total. The fourth-order valence-corrected chi connectivity index (χ4v) is 6.63. The van der Waals surface area contributed by atoms with Crippen molar-refractivity contribution in [2.75, 3.05) is 0 Å². The van der Waals surface area contributed by atoms with E-state index >= 15 is 17.4 Å². The van der Waals surface area contributed by atoms with Crippen molar-refractivity contribution in [2.24, 2.45) is 0 Å². The van der Waals surface area contributed by atoms with Gasteiger partial charge in [-0.15, -0.1) is 0 Å². The molecule has 1 aromatic heterocycles. The SMILES string of the molecule is Oc1cc(F)c(/C(=C2\C=C3CCCc4ccccc4C3=[N+]2[B-](F)F)c2cc3c([nH]2)-c2ccccc2CCC3)c(F)c1. The minimum atomic E-state index is -2.97. The Balaban J connectivity index is 1.56. The second kappa shape index (κ2) is 9.94. The molecule has 2 heterocycles. The monoisotopic (exact) mass is 553 g/mol. The van der Waals surface area contributed by atoms with Crippen LogP contribution in [0.3, 0.4) is 0 Å². The predicted octanol–water partition coefficient (Wildman–Crippen LogP) is 7.62. The lowest BCUT2D eigenvalue weighted by Gasteiger charge is -2.17. The molecule has 2 aliphatic carbocycles. The predicted molar refractivity (Wildman–Crippen MR) is 152 cm³/mol. The fraction of sp³-hybridized carbons (Fsp3) is 0.182. The number of nitrogens with one attached hydrogen (secondary N) is 1. The van der Waals surface area contributed by atoms with Gasteiger partial charge in [0.15, 0.2) is 11.4 Å². The lowest BCUT2D eigenvalue weighted by atomic mass is 9.96. The summed E-state index contributed by atoms with van der Waals surface area (Å²) in [5, 5.41) is 9.91. The van der Waals surface area contributed by atoms with Gasteiger partial charge in [-0.25, -0.2) is 8.78 Å². The first-order chi connectivity index (χ1) is 19.9. The maximum Gasteiger partial charge on any atom is 0.609 e. The Hall–Kier alpha value is -4.33. The lowest BCUT2D eigenvalue weighted by molar-refractivity contribution is -0.340. The Morgan fingerprint density at radius 3 is 2.10 bits per heavy atom. The van der Waals surface area contributed by atoms with Crippen molar-refractivity contribution in [1.29, 1.82) is 0 Å². The highest BCUT2D eigenvalue weighted by Gasteiger charge is 2.38. The van der Waals surface area contributed by atoms with Gasteiger partial charge in [0.25, 0.3) is 0 Å². The number of phenolic OH excluding ortho intramolecular Hbond substituents is 1. The van der Waals surface area contributed by atoms with E-state index in [9.17, 15) is 5.11 Å². The molecule has 4 aromatic rings. The first kappa shape index (κ1) is 25.6. The maximum atomic E-state index is 15.6. The van der Waals surface area contributed by atoms with Gasteiger partial charge in [0.2, 0.25) is 0 Å². The molecule has 8 heteroatoms. The molecule has 3 aromatic carbocycles. The minimum absolute atomic E-state index is 0.00332. The summed E-state index contributed by atoms with van der Waals surface area (Å²) in [6.07, 6.45) is 6.24. The number of rotatable bonds is 3. The number of halogens is 4. The normalized spacial score (nSPS) is 17.3. The van der Waals surface area contributed by atoms with Crippen LogP contribution in [0.15, 0.2) is 84.1 Å². The summed E-state index contributed by atoms with van der Waals surface area (Å²) in [6, 6.07) is 18.9. The summed E-state index contributed by atoms with van der Waals surface area (Å²) in [5.41, 5.74) is 6.59. The zero-order valence-corrected chi connectivity index (χ0v) is 22.2. The lowest BCUT2D eigenvalue weighted by Crippen LogP contribution is -2.27. The molecule has 0 unspecified atom stereocenters. The van der Waals surface area contributed by atoms with Crippen LogP contribution in [0.25, 0.3) is 16.8 Å². The highest BCUT2D eigenvalue weighted by molar-refractivity contribution is 6.36. The average Bonchev–Trinajstić information content (AvgIpc) is 3.42. The molecule has 1 radical (unpaired) electrons. The van der Waals surface area contributed by atoms with E-state index in [1.807, 2.05) is 48.5 Å². The molecule has 2 N–H and O–H groups in total. The van der Waals surface area contributed by atoms with Gasteiger partial charge in [-0.3, -0.25) is 0 Å². The number of H-pyrrole nitrogens is 1. The van der Waals surface area contributed by atoms with Gasteiger partial charge in [0.1, 0.15) is 17.4 Å². The largest absolute Gasteiger partial charge is 0.609 e. The molecule has 0 saturated carbocycles. The van der Waals surface area contributed by atoms with E-state index in [1.54, 1.807) is 6.08 Å². The van der Waals surface area contributed by atoms with Crippen LogP contribution in [0.1, 0.15) is 52.8 Å². The summed E-state index contributed by atoms with van der Waals surface area (Å²) < 4.78 is 62.4. The summed E-state index contributed by atoms with van der Waals surface area (Å²) >= 11 is 0. The zero-order valence-electron chi connectivity index (χ0n) is 22.2. The molecule has 0 spiro atoms. The van der Waals surface area contributed by atoms with Crippen LogP contribution < -0.4 is 0 Å². The number of fused-ring (bicyclic) bond motifs is 6. The van der Waals surface area contributed by atoms with Crippen LogP contribution in [0.2, 0.25) is 0 Å². The second-order valence-corrected chi connectivity index (χ2v) is 10.8. The van der Waals surface area contributed by atoms with Gasteiger partial charge in [-0.05, 0) is 67.3 Å². The molecule has 205 valence electrons. The molecule has 3 aliphatic rings. The third-order valence-electron chi connectivity index (χ3n) is 8.36. The van der Waals surface area contributed by atoms with Gasteiger partial charge in [-0.1, -0.05) is 42.5 Å². The fourth-order valence-electron chi connectivity index (χ4n) is 6.63. The second-order valence-electron chi connectivity index (χ2n) is 10.8. The van der Waals surface area contributed by atoms with Crippen LogP contribution in [0.5, 0.6) is 5.75 Å². The average molecular weight is 553 g/mol. The molecule has 0 amide bonds. The Labute approximate surface area is 235 Å². The number of phenols is 1.